The summed E-state index contributed by atoms with van der Waals surface area (Å²) in [4.78, 5) is 4.39. The van der Waals surface area contributed by atoms with Crippen LogP contribution in [0.3, 0.4) is 0 Å². The number of thioether (sulfide) groups is 1. The van der Waals surface area contributed by atoms with Gasteiger partial charge < -0.3 is 19.1 Å². The van der Waals surface area contributed by atoms with Gasteiger partial charge in [0.25, 0.3) is 0 Å². The van der Waals surface area contributed by atoms with Gasteiger partial charge in [0.2, 0.25) is 0 Å². The summed E-state index contributed by atoms with van der Waals surface area (Å²) in [6.45, 7) is 2.38. The Kier molecular flexibility index (Phi) is 3.84. The standard InChI is InChI=1S/C13H20N2O3S/c1-15-10(8-16)7-14-12(15)19-11-2-4-18-13(6-11)3-5-17-9-13/h7,11,16H,2-6,8-9H2,1H3. The van der Waals surface area contributed by atoms with Crippen LogP contribution >= 0.6 is 11.8 Å². The van der Waals surface area contributed by atoms with Crippen LogP contribution in [-0.2, 0) is 23.1 Å². The Bertz CT molecular complexity index is 443. The Morgan fingerprint density at radius 2 is 2.47 bits per heavy atom. The van der Waals surface area contributed by atoms with E-state index in [0.29, 0.717) is 5.25 Å². The molecule has 6 heteroatoms. The van der Waals surface area contributed by atoms with Gasteiger partial charge >= 0.3 is 0 Å². The van der Waals surface area contributed by atoms with Crippen LogP contribution in [0.5, 0.6) is 0 Å². The minimum absolute atomic E-state index is 0.0373. The van der Waals surface area contributed by atoms with Crippen LogP contribution in [0, 0.1) is 0 Å². The second-order valence-corrected chi connectivity index (χ2v) is 6.58. The van der Waals surface area contributed by atoms with Crippen LogP contribution in [-0.4, -0.2) is 45.3 Å². The van der Waals surface area contributed by atoms with Gasteiger partial charge in [0.05, 0.1) is 30.7 Å². The Morgan fingerprint density at radius 1 is 1.58 bits per heavy atom. The van der Waals surface area contributed by atoms with E-state index < -0.39 is 0 Å². The first kappa shape index (κ1) is 13.4. The van der Waals surface area contributed by atoms with Crippen molar-refractivity contribution in [2.24, 2.45) is 7.05 Å². The molecular weight excluding hydrogens is 264 g/mol. The number of aliphatic hydroxyl groups excluding tert-OH is 1. The predicted octanol–water partition coefficient (Wildman–Crippen LogP) is 1.34. The quantitative estimate of drug-likeness (QED) is 0.908. The van der Waals surface area contributed by atoms with Crippen molar-refractivity contribution in [3.63, 3.8) is 0 Å². The van der Waals surface area contributed by atoms with Gasteiger partial charge in [0.1, 0.15) is 0 Å². The highest BCUT2D eigenvalue weighted by molar-refractivity contribution is 7.99. The van der Waals surface area contributed by atoms with Crippen molar-refractivity contribution >= 4 is 11.8 Å². The molecule has 106 valence electrons. The van der Waals surface area contributed by atoms with E-state index in [0.717, 1.165) is 49.9 Å². The molecule has 3 heterocycles. The topological polar surface area (TPSA) is 56.5 Å². The minimum Gasteiger partial charge on any atom is -0.390 e. The summed E-state index contributed by atoms with van der Waals surface area (Å²) in [5.41, 5.74) is 0.800. The van der Waals surface area contributed by atoms with Gasteiger partial charge in [0, 0.05) is 31.9 Å². The van der Waals surface area contributed by atoms with Crippen molar-refractivity contribution in [1.29, 1.82) is 0 Å². The lowest BCUT2D eigenvalue weighted by Gasteiger charge is -2.36. The zero-order chi connectivity index (χ0) is 13.3. The van der Waals surface area contributed by atoms with Gasteiger partial charge in [0.15, 0.2) is 5.16 Å². The average Bonchev–Trinajstić information content (AvgIpc) is 2.99. The molecule has 2 aliphatic rings. The van der Waals surface area contributed by atoms with E-state index in [1.54, 1.807) is 18.0 Å². The molecule has 0 saturated carbocycles. The van der Waals surface area contributed by atoms with Gasteiger partial charge in [-0.1, -0.05) is 11.8 Å². The first-order valence-corrected chi connectivity index (χ1v) is 7.60. The molecule has 2 aliphatic heterocycles. The van der Waals surface area contributed by atoms with E-state index >= 15 is 0 Å². The Balaban J connectivity index is 1.67. The molecule has 2 saturated heterocycles. The summed E-state index contributed by atoms with van der Waals surface area (Å²) < 4.78 is 13.4. The third-order valence-corrected chi connectivity index (χ3v) is 5.32. The largest absolute Gasteiger partial charge is 0.390 e. The molecule has 0 radical (unpaired) electrons. The first-order chi connectivity index (χ1) is 9.22. The molecule has 1 aromatic heterocycles. The maximum absolute atomic E-state index is 9.20. The predicted molar refractivity (Wildman–Crippen MR) is 72.1 cm³/mol. The van der Waals surface area contributed by atoms with E-state index in [4.69, 9.17) is 9.47 Å². The maximum Gasteiger partial charge on any atom is 0.168 e. The second-order valence-electron chi connectivity index (χ2n) is 5.32. The number of ether oxygens (including phenoxy) is 2. The third kappa shape index (κ3) is 2.67. The van der Waals surface area contributed by atoms with Crippen molar-refractivity contribution < 1.29 is 14.6 Å². The Hall–Kier alpha value is -0.560. The lowest BCUT2D eigenvalue weighted by molar-refractivity contribution is -0.0770. The number of hydrogen-bond acceptors (Lipinski definition) is 5. The molecule has 0 aliphatic carbocycles. The number of imidazole rings is 1. The summed E-state index contributed by atoms with van der Waals surface area (Å²) in [5, 5.41) is 10.7. The van der Waals surface area contributed by atoms with Crippen molar-refractivity contribution in [3.8, 4) is 0 Å². The molecule has 2 fully saturated rings. The molecule has 5 nitrogen and oxygen atoms in total. The Morgan fingerprint density at radius 3 is 3.16 bits per heavy atom. The molecule has 0 aromatic carbocycles. The van der Waals surface area contributed by atoms with Gasteiger partial charge in [-0.25, -0.2) is 4.98 Å². The molecule has 0 bridgehead atoms. The van der Waals surface area contributed by atoms with Crippen LogP contribution < -0.4 is 0 Å². The van der Waals surface area contributed by atoms with Crippen LogP contribution in [0.15, 0.2) is 11.4 Å². The zero-order valence-electron chi connectivity index (χ0n) is 11.2. The summed E-state index contributed by atoms with van der Waals surface area (Å²) in [5.74, 6) is 0. The molecule has 1 aromatic rings. The highest BCUT2D eigenvalue weighted by Gasteiger charge is 2.41. The van der Waals surface area contributed by atoms with Crippen molar-refractivity contribution in [1.82, 2.24) is 9.55 Å². The minimum atomic E-state index is -0.0547. The molecule has 1 N–H and O–H groups in total. The summed E-state index contributed by atoms with van der Waals surface area (Å²) in [7, 11) is 1.95. The number of aromatic nitrogens is 2. The summed E-state index contributed by atoms with van der Waals surface area (Å²) in [6, 6.07) is 0. The summed E-state index contributed by atoms with van der Waals surface area (Å²) in [6.07, 6.45) is 4.83. The van der Waals surface area contributed by atoms with Crippen molar-refractivity contribution in [2.45, 2.75) is 41.9 Å². The van der Waals surface area contributed by atoms with E-state index in [1.807, 2.05) is 11.6 Å². The van der Waals surface area contributed by atoms with Crippen LogP contribution in [0.4, 0.5) is 0 Å². The maximum atomic E-state index is 9.20. The molecule has 3 rings (SSSR count). The van der Waals surface area contributed by atoms with Crippen LogP contribution in [0.1, 0.15) is 25.0 Å². The monoisotopic (exact) mass is 284 g/mol. The molecular formula is C13H20N2O3S. The van der Waals surface area contributed by atoms with E-state index in [1.165, 1.54) is 0 Å². The fourth-order valence-electron chi connectivity index (χ4n) is 2.78. The zero-order valence-corrected chi connectivity index (χ0v) is 12.0. The average molecular weight is 284 g/mol. The normalized spacial score (nSPS) is 31.2. The molecule has 2 atom stereocenters. The van der Waals surface area contributed by atoms with Gasteiger partial charge in [-0.15, -0.1) is 0 Å². The molecule has 1 spiro atoms. The SMILES string of the molecule is Cn1c(CO)cnc1SC1CCOC2(CCOC2)C1. The van der Waals surface area contributed by atoms with Crippen molar-refractivity contribution in [2.75, 3.05) is 19.8 Å². The van der Waals surface area contributed by atoms with Crippen molar-refractivity contribution in [3.05, 3.63) is 11.9 Å². The van der Waals surface area contributed by atoms with Gasteiger partial charge in [-0.05, 0) is 12.8 Å². The number of nitrogens with zero attached hydrogens (tertiary/aromatic N) is 2. The van der Waals surface area contributed by atoms with Crippen LogP contribution in [0.25, 0.3) is 0 Å². The lowest BCUT2D eigenvalue weighted by atomic mass is 9.93. The van der Waals surface area contributed by atoms with E-state index in [2.05, 4.69) is 4.98 Å². The molecule has 0 amide bonds. The second kappa shape index (κ2) is 5.44. The van der Waals surface area contributed by atoms with E-state index in [-0.39, 0.29) is 12.2 Å². The van der Waals surface area contributed by atoms with Gasteiger partial charge in [-0.3, -0.25) is 0 Å². The fourth-order valence-corrected chi connectivity index (χ4v) is 4.07. The first-order valence-electron chi connectivity index (χ1n) is 6.72. The number of hydrogen-bond donors (Lipinski definition) is 1. The van der Waals surface area contributed by atoms with Crippen LogP contribution in [0.2, 0.25) is 0 Å². The Labute approximate surface area is 117 Å². The summed E-state index contributed by atoms with van der Waals surface area (Å²) >= 11 is 1.79. The molecule has 19 heavy (non-hydrogen) atoms. The smallest absolute Gasteiger partial charge is 0.168 e. The fraction of sp³-hybridized carbons (Fsp3) is 0.769. The van der Waals surface area contributed by atoms with E-state index in [9.17, 15) is 5.11 Å². The third-order valence-electron chi connectivity index (χ3n) is 3.99. The highest BCUT2D eigenvalue weighted by Crippen LogP contribution is 2.39. The van der Waals surface area contributed by atoms with Gasteiger partial charge in [-0.2, -0.15) is 0 Å². The molecule has 2 unspecified atom stereocenters. The number of aliphatic hydroxyl groups is 1. The lowest BCUT2D eigenvalue weighted by Crippen LogP contribution is -2.41. The highest BCUT2D eigenvalue weighted by atomic mass is 32.2. The number of rotatable bonds is 3.